The minimum atomic E-state index is -3.34. The molecule has 0 bridgehead atoms. The smallest absolute Gasteiger partial charge is 0.316 e. The van der Waals surface area contributed by atoms with Crippen LogP contribution in [-0.4, -0.2) is 60.0 Å². The molecule has 0 unspecified atom stereocenters. The van der Waals surface area contributed by atoms with Crippen LogP contribution in [0, 0.1) is 5.82 Å². The molecule has 1 aliphatic heterocycles. The SMILES string of the molecule is CC(C)S(=O)(=O)N1CCN(c2cnn(-c3cccc(F)c3)c(=O)c2OC2CC=CC2)CC1. The molecule has 32 heavy (non-hydrogen) atoms. The van der Waals surface area contributed by atoms with Crippen molar-refractivity contribution in [2.75, 3.05) is 31.1 Å². The van der Waals surface area contributed by atoms with E-state index in [9.17, 15) is 17.6 Å². The average molecular weight is 463 g/mol. The Morgan fingerprint density at radius 2 is 1.81 bits per heavy atom. The zero-order valence-electron chi connectivity index (χ0n) is 18.1. The van der Waals surface area contributed by atoms with Crippen LogP contribution in [0.4, 0.5) is 10.1 Å². The summed E-state index contributed by atoms with van der Waals surface area (Å²) in [5.74, 6) is -0.316. The highest BCUT2D eigenvalue weighted by Crippen LogP contribution is 2.29. The summed E-state index contributed by atoms with van der Waals surface area (Å²) in [6.45, 7) is 4.79. The summed E-state index contributed by atoms with van der Waals surface area (Å²) in [5.41, 5.74) is 0.358. The maximum absolute atomic E-state index is 13.7. The lowest BCUT2D eigenvalue weighted by molar-refractivity contribution is 0.212. The van der Waals surface area contributed by atoms with Gasteiger partial charge in [-0.15, -0.1) is 0 Å². The molecular formula is C22H27FN4O4S. The summed E-state index contributed by atoms with van der Waals surface area (Å²) in [7, 11) is -3.34. The van der Waals surface area contributed by atoms with Crippen LogP contribution in [0.1, 0.15) is 26.7 Å². The van der Waals surface area contributed by atoms with Crippen molar-refractivity contribution in [3.05, 3.63) is 58.8 Å². The van der Waals surface area contributed by atoms with Gasteiger partial charge >= 0.3 is 5.56 Å². The summed E-state index contributed by atoms with van der Waals surface area (Å²) in [6, 6.07) is 5.66. The van der Waals surface area contributed by atoms with E-state index >= 15 is 0 Å². The molecule has 8 nitrogen and oxygen atoms in total. The second-order valence-corrected chi connectivity index (χ2v) is 10.7. The van der Waals surface area contributed by atoms with Crippen LogP contribution >= 0.6 is 0 Å². The number of benzene rings is 1. The molecule has 1 aliphatic carbocycles. The van der Waals surface area contributed by atoms with Crippen molar-refractivity contribution in [1.29, 1.82) is 0 Å². The molecule has 10 heteroatoms. The number of halogens is 1. The number of anilines is 1. The van der Waals surface area contributed by atoms with Crippen LogP contribution in [0.3, 0.4) is 0 Å². The van der Waals surface area contributed by atoms with Gasteiger partial charge in [-0.05, 0) is 32.0 Å². The summed E-state index contributed by atoms with van der Waals surface area (Å²) in [6.07, 6.45) is 6.78. The average Bonchev–Trinajstić information content (AvgIpc) is 3.28. The van der Waals surface area contributed by atoms with E-state index in [2.05, 4.69) is 5.10 Å². The third kappa shape index (κ3) is 4.42. The second kappa shape index (κ2) is 9.03. The topological polar surface area (TPSA) is 84.7 Å². The van der Waals surface area contributed by atoms with Gasteiger partial charge in [0.1, 0.15) is 17.6 Å². The Morgan fingerprint density at radius 1 is 1.12 bits per heavy atom. The van der Waals surface area contributed by atoms with Crippen LogP contribution in [-0.2, 0) is 10.0 Å². The number of aromatic nitrogens is 2. The Bertz CT molecular complexity index is 1160. The Labute approximate surface area is 187 Å². The third-order valence-electron chi connectivity index (χ3n) is 5.75. The zero-order valence-corrected chi connectivity index (χ0v) is 19.0. The van der Waals surface area contributed by atoms with E-state index in [1.807, 2.05) is 17.1 Å². The van der Waals surface area contributed by atoms with Crippen LogP contribution in [0.15, 0.2) is 47.4 Å². The number of sulfonamides is 1. The van der Waals surface area contributed by atoms with Crippen molar-refractivity contribution in [2.45, 2.75) is 38.0 Å². The first-order chi connectivity index (χ1) is 15.3. The number of nitrogens with zero attached hydrogens (tertiary/aromatic N) is 4. The van der Waals surface area contributed by atoms with Crippen molar-refractivity contribution >= 4 is 15.7 Å². The minimum absolute atomic E-state index is 0.151. The van der Waals surface area contributed by atoms with Crippen molar-refractivity contribution < 1.29 is 17.5 Å². The van der Waals surface area contributed by atoms with Crippen molar-refractivity contribution in [1.82, 2.24) is 14.1 Å². The number of hydrogen-bond donors (Lipinski definition) is 0. The highest BCUT2D eigenvalue weighted by molar-refractivity contribution is 7.89. The molecule has 1 fully saturated rings. The summed E-state index contributed by atoms with van der Waals surface area (Å²) < 4.78 is 47.4. The lowest BCUT2D eigenvalue weighted by atomic mass is 10.2. The van der Waals surface area contributed by atoms with Crippen molar-refractivity contribution in [3.8, 4) is 11.4 Å². The quantitative estimate of drug-likeness (QED) is 0.613. The number of rotatable bonds is 6. The monoisotopic (exact) mass is 462 g/mol. The summed E-state index contributed by atoms with van der Waals surface area (Å²) in [4.78, 5) is 15.3. The Kier molecular flexibility index (Phi) is 6.34. The van der Waals surface area contributed by atoms with Crippen LogP contribution in [0.2, 0.25) is 0 Å². The standard InChI is InChI=1S/C22H27FN4O4S/c1-16(2)32(29,30)26-12-10-25(11-13-26)20-15-24-27(18-7-5-6-17(23)14-18)22(28)21(20)31-19-8-3-4-9-19/h3-7,14-16,19H,8-13H2,1-2H3. The minimum Gasteiger partial charge on any atom is -0.482 e. The molecular weight excluding hydrogens is 435 g/mol. The molecule has 0 radical (unpaired) electrons. The number of piperazine rings is 1. The van der Waals surface area contributed by atoms with Gasteiger partial charge in [-0.25, -0.2) is 12.8 Å². The normalized spacial score (nSPS) is 17.9. The van der Waals surface area contributed by atoms with Gasteiger partial charge < -0.3 is 9.64 Å². The Hall–Kier alpha value is -2.72. The first kappa shape index (κ1) is 22.5. The Balaban J connectivity index is 1.66. The molecule has 1 aromatic carbocycles. The third-order valence-corrected chi connectivity index (χ3v) is 8.03. The van der Waals surface area contributed by atoms with Gasteiger partial charge in [0.05, 0.1) is 17.1 Å². The highest BCUT2D eigenvalue weighted by atomic mass is 32.2. The molecule has 1 saturated heterocycles. The van der Waals surface area contributed by atoms with E-state index in [-0.39, 0.29) is 11.9 Å². The first-order valence-electron chi connectivity index (χ1n) is 10.7. The molecule has 2 aromatic rings. The Morgan fingerprint density at radius 3 is 2.44 bits per heavy atom. The molecule has 0 amide bonds. The molecule has 0 atom stereocenters. The first-order valence-corrected chi connectivity index (χ1v) is 12.2. The number of hydrogen-bond acceptors (Lipinski definition) is 6. The maximum Gasteiger partial charge on any atom is 0.316 e. The molecule has 0 spiro atoms. The molecule has 1 aromatic heterocycles. The molecule has 0 N–H and O–H groups in total. The summed E-state index contributed by atoms with van der Waals surface area (Å²) in [5, 5.41) is 3.78. The largest absolute Gasteiger partial charge is 0.482 e. The molecule has 2 heterocycles. The van der Waals surface area contributed by atoms with Gasteiger partial charge in [0.25, 0.3) is 0 Å². The fourth-order valence-electron chi connectivity index (χ4n) is 3.89. The number of ether oxygens (including phenoxy) is 1. The van der Waals surface area contributed by atoms with E-state index in [1.54, 1.807) is 19.9 Å². The van der Waals surface area contributed by atoms with Crippen molar-refractivity contribution in [2.24, 2.45) is 0 Å². The molecule has 2 aliphatic rings. The van der Waals surface area contributed by atoms with Crippen LogP contribution in [0.25, 0.3) is 5.69 Å². The van der Waals surface area contributed by atoms with E-state index in [4.69, 9.17) is 4.74 Å². The van der Waals surface area contributed by atoms with Gasteiger partial charge in [0.2, 0.25) is 15.8 Å². The van der Waals surface area contributed by atoms with Crippen LogP contribution in [0.5, 0.6) is 5.75 Å². The van der Waals surface area contributed by atoms with E-state index < -0.39 is 26.6 Å². The van der Waals surface area contributed by atoms with Crippen LogP contribution < -0.4 is 15.2 Å². The summed E-state index contributed by atoms with van der Waals surface area (Å²) >= 11 is 0. The predicted molar refractivity (Wildman–Crippen MR) is 120 cm³/mol. The highest BCUT2D eigenvalue weighted by Gasteiger charge is 2.31. The second-order valence-electron chi connectivity index (χ2n) is 8.22. The predicted octanol–water partition coefficient (Wildman–Crippen LogP) is 2.33. The molecule has 0 saturated carbocycles. The van der Waals surface area contributed by atoms with E-state index in [1.165, 1.54) is 28.7 Å². The molecule has 4 rings (SSSR count). The zero-order chi connectivity index (χ0) is 22.9. The van der Waals surface area contributed by atoms with Crippen molar-refractivity contribution in [3.63, 3.8) is 0 Å². The van der Waals surface area contributed by atoms with E-state index in [0.29, 0.717) is 50.4 Å². The maximum atomic E-state index is 13.7. The molecule has 172 valence electrons. The lowest BCUT2D eigenvalue weighted by Crippen LogP contribution is -2.50. The fourth-order valence-corrected chi connectivity index (χ4v) is 5.16. The van der Waals surface area contributed by atoms with E-state index in [0.717, 1.165) is 4.68 Å². The van der Waals surface area contributed by atoms with Gasteiger partial charge in [0, 0.05) is 39.0 Å². The lowest BCUT2D eigenvalue weighted by Gasteiger charge is -2.36. The van der Waals surface area contributed by atoms with Gasteiger partial charge in [-0.2, -0.15) is 14.1 Å². The van der Waals surface area contributed by atoms with Gasteiger partial charge in [-0.3, -0.25) is 4.79 Å². The van der Waals surface area contributed by atoms with Gasteiger partial charge in [0.15, 0.2) is 0 Å². The fraction of sp³-hybridized carbons (Fsp3) is 0.455. The van der Waals surface area contributed by atoms with Gasteiger partial charge in [-0.1, -0.05) is 18.2 Å².